The predicted octanol–water partition coefficient (Wildman–Crippen LogP) is 6.11. The molecule has 7 heteroatoms. The zero-order valence-corrected chi connectivity index (χ0v) is 22.3. The molecule has 2 aliphatic carbocycles. The summed E-state index contributed by atoms with van der Waals surface area (Å²) < 4.78 is 11.1. The molecule has 0 heterocycles. The van der Waals surface area contributed by atoms with Crippen LogP contribution in [0.25, 0.3) is 22.3 Å². The van der Waals surface area contributed by atoms with Crippen LogP contribution >= 0.6 is 0 Å². The van der Waals surface area contributed by atoms with Crippen LogP contribution in [0.5, 0.6) is 0 Å². The van der Waals surface area contributed by atoms with Crippen LogP contribution in [-0.2, 0) is 19.1 Å². The lowest BCUT2D eigenvalue weighted by atomic mass is 9.98. The molecule has 0 aliphatic heterocycles. The van der Waals surface area contributed by atoms with Crippen molar-refractivity contribution < 1.29 is 29.0 Å². The fourth-order valence-electron chi connectivity index (χ4n) is 5.99. The van der Waals surface area contributed by atoms with Gasteiger partial charge in [-0.15, -0.1) is 0 Å². The lowest BCUT2D eigenvalue weighted by molar-refractivity contribution is -0.144. The van der Waals surface area contributed by atoms with Crippen LogP contribution in [0.2, 0.25) is 0 Å². The first-order valence-corrected chi connectivity index (χ1v) is 13.7. The van der Waals surface area contributed by atoms with Gasteiger partial charge in [-0.25, -0.2) is 9.59 Å². The van der Waals surface area contributed by atoms with Gasteiger partial charge in [-0.2, -0.15) is 0 Å². The summed E-state index contributed by atoms with van der Waals surface area (Å²) >= 11 is 0. The molecular weight excluding hydrogens is 518 g/mol. The number of hydrogen-bond acceptors (Lipinski definition) is 5. The lowest BCUT2D eigenvalue weighted by Crippen LogP contribution is -2.41. The highest BCUT2D eigenvalue weighted by atomic mass is 16.5. The van der Waals surface area contributed by atoms with Crippen molar-refractivity contribution in [2.45, 2.75) is 30.7 Å². The van der Waals surface area contributed by atoms with Crippen molar-refractivity contribution >= 4 is 18.0 Å². The van der Waals surface area contributed by atoms with E-state index in [0.29, 0.717) is 0 Å². The van der Waals surface area contributed by atoms with E-state index in [1.165, 1.54) is 0 Å². The van der Waals surface area contributed by atoms with Gasteiger partial charge in [0.25, 0.3) is 0 Å². The molecule has 2 aliphatic rings. The molecule has 0 spiro atoms. The minimum absolute atomic E-state index is 0.0680. The number of benzene rings is 4. The molecule has 206 valence electrons. The van der Waals surface area contributed by atoms with Gasteiger partial charge in [0.1, 0.15) is 19.3 Å². The monoisotopic (exact) mass is 547 g/mol. The summed E-state index contributed by atoms with van der Waals surface area (Å²) in [6.45, 7) is 0.225. The van der Waals surface area contributed by atoms with Gasteiger partial charge in [-0.05, 0) is 50.9 Å². The first kappa shape index (κ1) is 26.3. The van der Waals surface area contributed by atoms with E-state index >= 15 is 0 Å². The number of carboxylic acids is 1. The molecular formula is C34H29NO6. The zero-order chi connectivity index (χ0) is 28.3. The smallest absolute Gasteiger partial charge is 0.407 e. The highest BCUT2D eigenvalue weighted by molar-refractivity contribution is 5.82. The number of carboxylic acid groups (broad SMARTS) is 1. The van der Waals surface area contributed by atoms with Crippen molar-refractivity contribution in [2.24, 2.45) is 0 Å². The number of nitrogens with one attached hydrogen (secondary N) is 1. The largest absolute Gasteiger partial charge is 0.480 e. The van der Waals surface area contributed by atoms with Crippen LogP contribution in [0, 0.1) is 0 Å². The van der Waals surface area contributed by atoms with E-state index in [4.69, 9.17) is 9.47 Å². The van der Waals surface area contributed by atoms with Crippen molar-refractivity contribution in [3.63, 3.8) is 0 Å². The third-order valence-corrected chi connectivity index (χ3v) is 7.94. The van der Waals surface area contributed by atoms with Crippen LogP contribution in [0.3, 0.4) is 0 Å². The number of aliphatic carboxylic acids is 1. The molecule has 0 fully saturated rings. The second kappa shape index (κ2) is 11.3. The second-order valence-electron chi connectivity index (χ2n) is 10.3. The standard InChI is InChI=1S/C34H29NO6/c36-32(40-19-29-25-13-5-1-9-21(25)22-10-2-6-14-26(22)29)18-17-31(33(37)38)35-34(39)41-20-30-27-15-7-3-11-23(27)24-12-4-8-16-28(24)30/h1-16,29-31H,17-20H2,(H,35,39)(H,37,38)/t31-/m0/s1. The normalized spacial score (nSPS) is 13.9. The number of fused-ring (bicyclic) bond motifs is 6. The summed E-state index contributed by atoms with van der Waals surface area (Å²) in [6, 6.07) is 30.7. The highest BCUT2D eigenvalue weighted by Gasteiger charge is 2.31. The van der Waals surface area contributed by atoms with E-state index in [0.717, 1.165) is 44.5 Å². The number of ether oxygens (including phenoxy) is 2. The van der Waals surface area contributed by atoms with E-state index in [1.54, 1.807) is 0 Å². The van der Waals surface area contributed by atoms with Crippen LogP contribution in [0.1, 0.15) is 46.9 Å². The molecule has 0 bridgehead atoms. The van der Waals surface area contributed by atoms with Gasteiger partial charge in [0.05, 0.1) is 0 Å². The molecule has 0 saturated heterocycles. The predicted molar refractivity (Wildman–Crippen MR) is 154 cm³/mol. The minimum atomic E-state index is -1.29. The number of carbonyl (C=O) groups is 3. The third-order valence-electron chi connectivity index (χ3n) is 7.94. The number of alkyl carbamates (subject to hydrolysis) is 1. The van der Waals surface area contributed by atoms with Gasteiger partial charge in [-0.1, -0.05) is 97.1 Å². The number of rotatable bonds is 9. The first-order chi connectivity index (χ1) is 20.0. The SMILES string of the molecule is O=C(CC[C@H](NC(=O)OCC1c2ccccc2-c2ccccc21)C(=O)O)OCC1c2ccccc2-c2ccccc21. The van der Waals surface area contributed by atoms with Crippen LogP contribution in [0.15, 0.2) is 97.1 Å². The Hall–Kier alpha value is -4.91. The topological polar surface area (TPSA) is 102 Å². The third kappa shape index (κ3) is 5.18. The maximum Gasteiger partial charge on any atom is 0.407 e. The Kier molecular flexibility index (Phi) is 7.25. The number of amides is 1. The molecule has 7 nitrogen and oxygen atoms in total. The van der Waals surface area contributed by atoms with Crippen LogP contribution in [-0.4, -0.2) is 42.4 Å². The van der Waals surface area contributed by atoms with E-state index < -0.39 is 24.1 Å². The van der Waals surface area contributed by atoms with E-state index in [1.807, 2.05) is 84.9 Å². The second-order valence-corrected chi connectivity index (χ2v) is 10.3. The molecule has 0 unspecified atom stereocenters. The van der Waals surface area contributed by atoms with Crippen LogP contribution in [0.4, 0.5) is 4.79 Å². The minimum Gasteiger partial charge on any atom is -0.480 e. The summed E-state index contributed by atoms with van der Waals surface area (Å²) in [4.78, 5) is 37.1. The number of hydrogen-bond donors (Lipinski definition) is 2. The maximum absolute atomic E-state index is 12.6. The Morgan fingerprint density at radius 2 is 1.02 bits per heavy atom. The molecule has 0 radical (unpaired) electrons. The van der Waals surface area contributed by atoms with E-state index in [2.05, 4.69) is 17.4 Å². The summed E-state index contributed by atoms with van der Waals surface area (Å²) in [6.07, 6.45) is -1.11. The van der Waals surface area contributed by atoms with Gasteiger partial charge in [0.15, 0.2) is 0 Å². The summed E-state index contributed by atoms with van der Waals surface area (Å²) in [5.74, 6) is -1.99. The molecule has 0 aromatic heterocycles. The van der Waals surface area contributed by atoms with Crippen LogP contribution < -0.4 is 5.32 Å². The molecule has 1 amide bonds. The van der Waals surface area contributed by atoms with Gasteiger partial charge < -0.3 is 19.9 Å². The molecule has 4 aromatic carbocycles. The fraction of sp³-hybridized carbons (Fsp3) is 0.206. The Morgan fingerprint density at radius 1 is 0.634 bits per heavy atom. The number of esters is 1. The van der Waals surface area contributed by atoms with Gasteiger partial charge in [0, 0.05) is 18.3 Å². The van der Waals surface area contributed by atoms with Crippen molar-refractivity contribution in [2.75, 3.05) is 13.2 Å². The lowest BCUT2D eigenvalue weighted by Gasteiger charge is -2.18. The Morgan fingerprint density at radius 3 is 1.44 bits per heavy atom. The highest BCUT2D eigenvalue weighted by Crippen LogP contribution is 2.45. The average molecular weight is 548 g/mol. The Labute approximate surface area is 237 Å². The van der Waals surface area contributed by atoms with E-state index in [9.17, 15) is 19.5 Å². The number of carbonyl (C=O) groups excluding carboxylic acids is 2. The summed E-state index contributed by atoms with van der Waals surface area (Å²) in [5, 5.41) is 12.1. The summed E-state index contributed by atoms with van der Waals surface area (Å²) in [5.41, 5.74) is 8.78. The van der Waals surface area contributed by atoms with Gasteiger partial charge in [-0.3, -0.25) is 4.79 Å². The Bertz CT molecular complexity index is 1540. The van der Waals surface area contributed by atoms with Gasteiger partial charge >= 0.3 is 18.0 Å². The molecule has 41 heavy (non-hydrogen) atoms. The van der Waals surface area contributed by atoms with Gasteiger partial charge in [0.2, 0.25) is 0 Å². The quantitative estimate of drug-likeness (QED) is 0.245. The fourth-order valence-corrected chi connectivity index (χ4v) is 5.99. The maximum atomic E-state index is 12.6. The molecule has 2 N–H and O–H groups in total. The molecule has 4 aromatic rings. The van der Waals surface area contributed by atoms with Crippen molar-refractivity contribution in [3.05, 3.63) is 119 Å². The first-order valence-electron chi connectivity index (χ1n) is 13.7. The molecule has 6 rings (SSSR count). The molecule has 0 saturated carbocycles. The van der Waals surface area contributed by atoms with E-state index in [-0.39, 0.29) is 37.9 Å². The molecule has 1 atom stereocenters. The average Bonchev–Trinajstić information content (AvgIpc) is 3.49. The zero-order valence-electron chi connectivity index (χ0n) is 22.3. The Balaban J connectivity index is 1.02. The van der Waals surface area contributed by atoms with Crippen molar-refractivity contribution in [1.29, 1.82) is 0 Å². The summed E-state index contributed by atoms with van der Waals surface area (Å²) in [7, 11) is 0. The van der Waals surface area contributed by atoms with Crippen molar-refractivity contribution in [1.82, 2.24) is 5.32 Å². The van der Waals surface area contributed by atoms with Crippen molar-refractivity contribution in [3.8, 4) is 22.3 Å².